The van der Waals surface area contributed by atoms with Crippen molar-refractivity contribution in [2.24, 2.45) is 0 Å². The fraction of sp³-hybridized carbons (Fsp3) is 0.310. The van der Waals surface area contributed by atoms with Crippen LogP contribution in [-0.2, 0) is 17.8 Å². The maximum absolute atomic E-state index is 13.9. The summed E-state index contributed by atoms with van der Waals surface area (Å²) >= 11 is 0. The summed E-state index contributed by atoms with van der Waals surface area (Å²) in [4.78, 5) is 30.9. The zero-order chi connectivity index (χ0) is 26.0. The van der Waals surface area contributed by atoms with E-state index in [1.54, 1.807) is 35.2 Å². The lowest BCUT2D eigenvalue weighted by molar-refractivity contribution is -0.120. The first-order valence-corrected chi connectivity index (χ1v) is 12.0. The molecule has 3 aromatic carbocycles. The van der Waals surface area contributed by atoms with Gasteiger partial charge in [0.15, 0.2) is 0 Å². The van der Waals surface area contributed by atoms with Crippen molar-refractivity contribution in [2.45, 2.75) is 45.4 Å². The second kappa shape index (κ2) is 9.93. The van der Waals surface area contributed by atoms with Gasteiger partial charge in [-0.25, -0.2) is 0 Å². The van der Waals surface area contributed by atoms with E-state index in [9.17, 15) is 14.7 Å². The standard InChI is InChI=1S/C29H33N3O4/c1-29(2,3)36-23-13-8-19(9-14-23)16-26-27(34)30-25-15-10-21(31(4)5)17-24(25)28(35)32(26)18-20-6-11-22(33)12-7-20/h6-15,17,26,33H,16,18H2,1-5H3,(H,30,34)/t26-/m0/s1. The monoisotopic (exact) mass is 487 g/mol. The van der Waals surface area contributed by atoms with E-state index in [1.165, 1.54) is 0 Å². The molecule has 0 spiro atoms. The molecule has 1 atom stereocenters. The van der Waals surface area contributed by atoms with Gasteiger partial charge >= 0.3 is 0 Å². The molecule has 1 aliphatic rings. The molecule has 3 aromatic rings. The van der Waals surface area contributed by atoms with Crippen molar-refractivity contribution in [3.8, 4) is 11.5 Å². The number of anilines is 2. The molecule has 0 aromatic heterocycles. The van der Waals surface area contributed by atoms with Crippen LogP contribution in [0, 0.1) is 0 Å². The summed E-state index contributed by atoms with van der Waals surface area (Å²) in [6.07, 6.45) is 0.347. The van der Waals surface area contributed by atoms with E-state index in [0.29, 0.717) is 17.7 Å². The van der Waals surface area contributed by atoms with Gasteiger partial charge in [-0.3, -0.25) is 9.59 Å². The number of fused-ring (bicyclic) bond motifs is 1. The van der Waals surface area contributed by atoms with Crippen molar-refractivity contribution in [1.82, 2.24) is 4.90 Å². The van der Waals surface area contributed by atoms with Gasteiger partial charge in [0.2, 0.25) is 5.91 Å². The highest BCUT2D eigenvalue weighted by Gasteiger charge is 2.35. The zero-order valence-electron chi connectivity index (χ0n) is 21.4. The third-order valence-electron chi connectivity index (χ3n) is 6.01. The normalized spacial score (nSPS) is 15.7. The number of nitrogens with zero attached hydrogens (tertiary/aromatic N) is 2. The second-order valence-corrected chi connectivity index (χ2v) is 10.3. The number of hydrogen-bond acceptors (Lipinski definition) is 5. The Labute approximate surface area is 212 Å². The Kier molecular flexibility index (Phi) is 6.93. The molecule has 0 aliphatic carbocycles. The second-order valence-electron chi connectivity index (χ2n) is 10.3. The zero-order valence-corrected chi connectivity index (χ0v) is 21.4. The van der Waals surface area contributed by atoms with Gasteiger partial charge in [0, 0.05) is 32.7 Å². The number of phenols is 1. The van der Waals surface area contributed by atoms with Crippen LogP contribution in [0.1, 0.15) is 42.3 Å². The fourth-order valence-electron chi connectivity index (χ4n) is 4.20. The van der Waals surface area contributed by atoms with Gasteiger partial charge in [0.1, 0.15) is 23.1 Å². The topological polar surface area (TPSA) is 82.1 Å². The number of ether oxygens (including phenoxy) is 1. The highest BCUT2D eigenvalue weighted by atomic mass is 16.5. The first-order valence-electron chi connectivity index (χ1n) is 12.0. The lowest BCUT2D eigenvalue weighted by Crippen LogP contribution is -2.46. The van der Waals surface area contributed by atoms with E-state index in [2.05, 4.69) is 5.32 Å². The fourth-order valence-corrected chi connectivity index (χ4v) is 4.20. The largest absolute Gasteiger partial charge is 0.508 e. The third-order valence-corrected chi connectivity index (χ3v) is 6.01. The minimum atomic E-state index is -0.726. The van der Waals surface area contributed by atoms with Crippen molar-refractivity contribution in [1.29, 1.82) is 0 Å². The van der Waals surface area contributed by atoms with Gasteiger partial charge in [-0.1, -0.05) is 24.3 Å². The summed E-state index contributed by atoms with van der Waals surface area (Å²) in [6, 6.07) is 19.1. The van der Waals surface area contributed by atoms with Crippen LogP contribution in [0.2, 0.25) is 0 Å². The third kappa shape index (κ3) is 5.79. The number of rotatable bonds is 6. The van der Waals surface area contributed by atoms with Crippen LogP contribution >= 0.6 is 0 Å². The maximum Gasteiger partial charge on any atom is 0.257 e. The Morgan fingerprint density at radius 1 is 0.944 bits per heavy atom. The summed E-state index contributed by atoms with van der Waals surface area (Å²) in [5.41, 5.74) is 3.24. The number of benzene rings is 3. The number of amides is 2. The van der Waals surface area contributed by atoms with Gasteiger partial charge in [-0.05, 0) is 74.4 Å². The van der Waals surface area contributed by atoms with Crippen LogP contribution in [0.25, 0.3) is 0 Å². The predicted octanol–water partition coefficient (Wildman–Crippen LogP) is 4.84. The van der Waals surface area contributed by atoms with Crippen molar-refractivity contribution in [3.05, 3.63) is 83.4 Å². The van der Waals surface area contributed by atoms with Crippen molar-refractivity contribution >= 4 is 23.2 Å². The summed E-state index contributed by atoms with van der Waals surface area (Å²) in [6.45, 7) is 6.20. The molecule has 0 saturated heterocycles. The first-order chi connectivity index (χ1) is 17.0. The molecule has 2 N–H and O–H groups in total. The Balaban J connectivity index is 1.69. The van der Waals surface area contributed by atoms with Crippen LogP contribution < -0.4 is 15.0 Å². The summed E-state index contributed by atoms with van der Waals surface area (Å²) in [7, 11) is 3.82. The van der Waals surface area contributed by atoms with Crippen LogP contribution in [0.3, 0.4) is 0 Å². The van der Waals surface area contributed by atoms with E-state index in [1.807, 2.05) is 76.2 Å². The highest BCUT2D eigenvalue weighted by molar-refractivity contribution is 6.10. The van der Waals surface area contributed by atoms with Crippen LogP contribution in [0.4, 0.5) is 11.4 Å². The van der Waals surface area contributed by atoms with E-state index in [0.717, 1.165) is 22.6 Å². The van der Waals surface area contributed by atoms with Crippen molar-refractivity contribution in [2.75, 3.05) is 24.3 Å². The van der Waals surface area contributed by atoms with Gasteiger partial charge in [-0.2, -0.15) is 0 Å². The predicted molar refractivity (Wildman–Crippen MR) is 142 cm³/mol. The maximum atomic E-state index is 13.9. The average Bonchev–Trinajstić information content (AvgIpc) is 2.90. The number of carbonyl (C=O) groups excluding carboxylic acids is 2. The molecular weight excluding hydrogens is 454 g/mol. The molecule has 0 saturated carbocycles. The van der Waals surface area contributed by atoms with Crippen LogP contribution in [0.5, 0.6) is 11.5 Å². The molecule has 2 amide bonds. The molecule has 4 rings (SSSR count). The minimum Gasteiger partial charge on any atom is -0.508 e. The van der Waals surface area contributed by atoms with E-state index >= 15 is 0 Å². The molecule has 1 heterocycles. The average molecular weight is 488 g/mol. The molecule has 7 nitrogen and oxygen atoms in total. The molecule has 0 unspecified atom stereocenters. The van der Waals surface area contributed by atoms with Gasteiger partial charge < -0.3 is 25.0 Å². The molecule has 36 heavy (non-hydrogen) atoms. The molecule has 0 bridgehead atoms. The van der Waals surface area contributed by atoms with E-state index in [4.69, 9.17) is 4.74 Å². The quantitative estimate of drug-likeness (QED) is 0.520. The highest BCUT2D eigenvalue weighted by Crippen LogP contribution is 2.30. The van der Waals surface area contributed by atoms with E-state index < -0.39 is 6.04 Å². The number of carbonyl (C=O) groups is 2. The van der Waals surface area contributed by atoms with E-state index in [-0.39, 0.29) is 29.7 Å². The molecule has 7 heteroatoms. The lowest BCUT2D eigenvalue weighted by atomic mass is 10.0. The van der Waals surface area contributed by atoms with Crippen LogP contribution in [-0.4, -0.2) is 47.6 Å². The Morgan fingerprint density at radius 2 is 1.58 bits per heavy atom. The molecule has 1 aliphatic heterocycles. The van der Waals surface area contributed by atoms with Gasteiger partial charge in [0.05, 0.1) is 11.3 Å². The SMILES string of the molecule is CN(C)c1ccc2c(c1)C(=O)N(Cc1ccc(O)cc1)[C@@H](Cc1ccc(OC(C)(C)C)cc1)C(=O)N2. The summed E-state index contributed by atoms with van der Waals surface area (Å²) < 4.78 is 5.92. The number of nitrogens with one attached hydrogen (secondary N) is 1. The smallest absolute Gasteiger partial charge is 0.257 e. The number of aromatic hydroxyl groups is 1. The minimum absolute atomic E-state index is 0.147. The first kappa shape index (κ1) is 25.1. The Morgan fingerprint density at radius 3 is 2.19 bits per heavy atom. The number of hydrogen-bond donors (Lipinski definition) is 2. The van der Waals surface area contributed by atoms with Crippen molar-refractivity contribution < 1.29 is 19.4 Å². The molecule has 0 fully saturated rings. The Hall–Kier alpha value is -4.00. The van der Waals surface area contributed by atoms with Gasteiger partial charge in [0.25, 0.3) is 5.91 Å². The van der Waals surface area contributed by atoms with Crippen LogP contribution in [0.15, 0.2) is 66.7 Å². The molecule has 0 radical (unpaired) electrons. The lowest BCUT2D eigenvalue weighted by Gasteiger charge is -2.29. The molecular formula is C29H33N3O4. The Bertz CT molecular complexity index is 1250. The number of phenolic OH excluding ortho intramolecular Hbond substituents is 1. The van der Waals surface area contributed by atoms with Gasteiger partial charge in [-0.15, -0.1) is 0 Å². The summed E-state index contributed by atoms with van der Waals surface area (Å²) in [5, 5.41) is 12.7. The summed E-state index contributed by atoms with van der Waals surface area (Å²) in [5.74, 6) is 0.428. The molecule has 188 valence electrons. The van der Waals surface area contributed by atoms with Crippen molar-refractivity contribution in [3.63, 3.8) is 0 Å².